The minimum absolute atomic E-state index is 0.0825. The third kappa shape index (κ3) is 59.6. The molecular weight excluding hydrogens is 901 g/mol. The smallest absolute Gasteiger partial charge is 0.306 e. The van der Waals surface area contributed by atoms with E-state index < -0.39 is 6.10 Å². The van der Waals surface area contributed by atoms with Crippen molar-refractivity contribution in [1.82, 2.24) is 0 Å². The van der Waals surface area contributed by atoms with Gasteiger partial charge in [-0.1, -0.05) is 273 Å². The molecule has 73 heavy (non-hydrogen) atoms. The first-order valence-corrected chi connectivity index (χ1v) is 31.4. The first-order valence-electron chi connectivity index (χ1n) is 31.4. The predicted octanol–water partition coefficient (Wildman–Crippen LogP) is 21.3. The van der Waals surface area contributed by atoms with E-state index in [2.05, 4.69) is 93.7 Å². The Kier molecular flexibility index (Phi) is 58.7. The summed E-state index contributed by atoms with van der Waals surface area (Å²) < 4.78 is 16.9. The fraction of sp³-hybridized carbons (Fsp3) is 0.776. The molecule has 0 N–H and O–H groups in total. The molecule has 0 aliphatic carbocycles. The van der Waals surface area contributed by atoms with Crippen molar-refractivity contribution in [3.8, 4) is 0 Å². The molecule has 0 aliphatic heterocycles. The average Bonchev–Trinajstić information content (AvgIpc) is 3.39. The summed E-state index contributed by atoms with van der Waals surface area (Å²) in [5.74, 6) is -0.893. The quantitative estimate of drug-likeness (QED) is 0.0261. The monoisotopic (exact) mass is 1020 g/mol. The lowest BCUT2D eigenvalue weighted by Crippen LogP contribution is -2.30. The summed E-state index contributed by atoms with van der Waals surface area (Å²) in [5, 5.41) is 0. The summed E-state index contributed by atoms with van der Waals surface area (Å²) in [4.78, 5) is 38.3. The van der Waals surface area contributed by atoms with Crippen LogP contribution in [0.4, 0.5) is 0 Å². The highest BCUT2D eigenvalue weighted by Gasteiger charge is 2.19. The zero-order chi connectivity index (χ0) is 52.9. The second-order valence-corrected chi connectivity index (χ2v) is 21.0. The average molecular weight is 1020 g/mol. The Labute approximate surface area is 453 Å². The number of unbranched alkanes of at least 4 members (excludes halogenated alkanes) is 34. The zero-order valence-corrected chi connectivity index (χ0v) is 48.4. The van der Waals surface area contributed by atoms with Gasteiger partial charge in [0.25, 0.3) is 0 Å². The fourth-order valence-corrected chi connectivity index (χ4v) is 8.93. The van der Waals surface area contributed by atoms with Crippen molar-refractivity contribution < 1.29 is 28.6 Å². The van der Waals surface area contributed by atoms with Crippen LogP contribution in [0.1, 0.15) is 316 Å². The predicted molar refractivity (Wildman–Crippen MR) is 316 cm³/mol. The molecule has 0 rings (SSSR count). The highest BCUT2D eigenvalue weighted by Crippen LogP contribution is 2.16. The Hall–Kier alpha value is -3.15. The normalized spacial score (nSPS) is 12.5. The van der Waals surface area contributed by atoms with Crippen LogP contribution in [0, 0.1) is 0 Å². The van der Waals surface area contributed by atoms with Crippen molar-refractivity contribution in [3.63, 3.8) is 0 Å². The number of carbonyl (C=O) groups is 3. The van der Waals surface area contributed by atoms with Crippen LogP contribution in [0.5, 0.6) is 0 Å². The largest absolute Gasteiger partial charge is 0.462 e. The number of esters is 3. The molecule has 422 valence electrons. The molecule has 0 aromatic carbocycles. The molecule has 0 heterocycles. The number of ether oxygens (including phenoxy) is 3. The van der Waals surface area contributed by atoms with Gasteiger partial charge in [-0.2, -0.15) is 0 Å². The highest BCUT2D eigenvalue weighted by molar-refractivity contribution is 5.71. The lowest BCUT2D eigenvalue weighted by Gasteiger charge is -2.18. The summed E-state index contributed by atoms with van der Waals surface area (Å²) in [7, 11) is 0. The minimum atomic E-state index is -0.788. The Balaban J connectivity index is 4.42. The van der Waals surface area contributed by atoms with Crippen LogP contribution < -0.4 is 0 Å². The van der Waals surface area contributed by atoms with Gasteiger partial charge in [0.15, 0.2) is 6.10 Å². The van der Waals surface area contributed by atoms with Gasteiger partial charge >= 0.3 is 17.9 Å². The van der Waals surface area contributed by atoms with E-state index in [0.717, 1.165) is 103 Å². The maximum absolute atomic E-state index is 12.9. The van der Waals surface area contributed by atoms with Crippen LogP contribution in [0.15, 0.2) is 72.9 Å². The number of rotatable bonds is 57. The number of hydrogen-bond donors (Lipinski definition) is 0. The molecule has 0 fully saturated rings. The van der Waals surface area contributed by atoms with Gasteiger partial charge in [0, 0.05) is 19.3 Å². The van der Waals surface area contributed by atoms with Crippen molar-refractivity contribution >= 4 is 17.9 Å². The van der Waals surface area contributed by atoms with E-state index in [4.69, 9.17) is 14.2 Å². The second kappa shape index (κ2) is 61.4. The molecule has 0 radical (unpaired) electrons. The summed E-state index contributed by atoms with van der Waals surface area (Å²) >= 11 is 0. The van der Waals surface area contributed by atoms with Crippen LogP contribution in [-0.2, 0) is 28.6 Å². The lowest BCUT2D eigenvalue weighted by atomic mass is 10.0. The lowest BCUT2D eigenvalue weighted by molar-refractivity contribution is -0.167. The SMILES string of the molecule is CCCCC/C=C\C/C=C\C/C=C\CCCCCCCCC(=O)OCC(COC(=O)CCCCCCCCCCCCCCCCCCC)OC(=O)CCCCCCCC/C=C\C/C=C\C/C=C\CCCCC. The third-order valence-corrected chi connectivity index (χ3v) is 13.7. The topological polar surface area (TPSA) is 78.9 Å². The van der Waals surface area contributed by atoms with E-state index in [9.17, 15) is 14.4 Å². The molecule has 0 saturated heterocycles. The summed E-state index contributed by atoms with van der Waals surface area (Å²) in [6.07, 6.45) is 78.9. The van der Waals surface area contributed by atoms with Crippen molar-refractivity contribution in [2.45, 2.75) is 322 Å². The van der Waals surface area contributed by atoms with Crippen LogP contribution in [0.3, 0.4) is 0 Å². The molecule has 0 aromatic rings. The van der Waals surface area contributed by atoms with Crippen molar-refractivity contribution in [2.75, 3.05) is 13.2 Å². The highest BCUT2D eigenvalue weighted by atomic mass is 16.6. The molecule has 1 unspecified atom stereocenters. The molecule has 0 amide bonds. The Morgan fingerprint density at radius 1 is 0.274 bits per heavy atom. The van der Waals surface area contributed by atoms with Gasteiger partial charge in [-0.05, 0) is 96.3 Å². The number of allylic oxidation sites excluding steroid dienone is 12. The molecule has 0 spiro atoms. The standard InChI is InChI=1S/C67H118O6/c1-4-7-10-13-16-19-22-25-28-31-33-36-39-42-45-48-51-54-57-60-66(69)72-63-64(62-71-65(68)59-56-53-50-47-44-41-38-35-30-27-24-21-18-15-12-9-6-3)73-67(70)61-58-55-52-49-46-43-40-37-34-32-29-26-23-20-17-14-11-8-5-2/h16-17,19-20,25-26,28-29,33-34,36-37,64H,4-15,18,21-24,27,30-32,35,38-63H2,1-3H3/b19-16-,20-17-,28-25-,29-26-,36-33-,37-34-. The molecule has 0 bridgehead atoms. The van der Waals surface area contributed by atoms with E-state index in [1.54, 1.807) is 0 Å². The van der Waals surface area contributed by atoms with Crippen LogP contribution in [0.25, 0.3) is 0 Å². The molecule has 0 saturated carbocycles. The van der Waals surface area contributed by atoms with Gasteiger partial charge in [0.2, 0.25) is 0 Å². The summed E-state index contributed by atoms with van der Waals surface area (Å²) in [6.45, 7) is 6.60. The van der Waals surface area contributed by atoms with Gasteiger partial charge in [-0.15, -0.1) is 0 Å². The van der Waals surface area contributed by atoms with Gasteiger partial charge in [0.05, 0.1) is 0 Å². The van der Waals surface area contributed by atoms with Gasteiger partial charge in [-0.25, -0.2) is 0 Å². The minimum Gasteiger partial charge on any atom is -0.462 e. The molecule has 0 aliphatic rings. The Bertz CT molecular complexity index is 1360. The second-order valence-electron chi connectivity index (χ2n) is 21.0. The van der Waals surface area contributed by atoms with Gasteiger partial charge < -0.3 is 14.2 Å². The van der Waals surface area contributed by atoms with Crippen molar-refractivity contribution in [3.05, 3.63) is 72.9 Å². The summed E-state index contributed by atoms with van der Waals surface area (Å²) in [5.41, 5.74) is 0. The van der Waals surface area contributed by atoms with Crippen LogP contribution in [-0.4, -0.2) is 37.2 Å². The summed E-state index contributed by atoms with van der Waals surface area (Å²) in [6, 6.07) is 0. The molecule has 6 nitrogen and oxygen atoms in total. The molecular formula is C67H118O6. The number of hydrogen-bond acceptors (Lipinski definition) is 6. The maximum atomic E-state index is 12.9. The first kappa shape index (κ1) is 69.8. The van der Waals surface area contributed by atoms with E-state index in [0.29, 0.717) is 19.3 Å². The van der Waals surface area contributed by atoms with E-state index in [1.165, 1.54) is 173 Å². The van der Waals surface area contributed by atoms with Crippen LogP contribution >= 0.6 is 0 Å². The van der Waals surface area contributed by atoms with Crippen LogP contribution in [0.2, 0.25) is 0 Å². The molecule has 0 aromatic heterocycles. The van der Waals surface area contributed by atoms with E-state index in [1.807, 2.05) is 0 Å². The maximum Gasteiger partial charge on any atom is 0.306 e. The number of carbonyl (C=O) groups excluding carboxylic acids is 3. The van der Waals surface area contributed by atoms with Gasteiger partial charge in [-0.3, -0.25) is 14.4 Å². The van der Waals surface area contributed by atoms with Crippen molar-refractivity contribution in [1.29, 1.82) is 0 Å². The Morgan fingerprint density at radius 2 is 0.493 bits per heavy atom. The van der Waals surface area contributed by atoms with E-state index in [-0.39, 0.29) is 31.1 Å². The fourth-order valence-electron chi connectivity index (χ4n) is 8.93. The van der Waals surface area contributed by atoms with Crippen molar-refractivity contribution in [2.24, 2.45) is 0 Å². The van der Waals surface area contributed by atoms with E-state index >= 15 is 0 Å². The zero-order valence-electron chi connectivity index (χ0n) is 48.4. The van der Waals surface area contributed by atoms with Gasteiger partial charge in [0.1, 0.15) is 13.2 Å². The third-order valence-electron chi connectivity index (χ3n) is 13.7. The molecule has 6 heteroatoms. The Morgan fingerprint density at radius 3 is 0.795 bits per heavy atom. The first-order chi connectivity index (χ1) is 36.0. The molecule has 1 atom stereocenters.